The molecule has 0 aliphatic carbocycles. The van der Waals surface area contributed by atoms with Crippen LogP contribution < -0.4 is 15.0 Å². The summed E-state index contributed by atoms with van der Waals surface area (Å²) in [5.74, 6) is 0.493. The second-order valence-electron chi connectivity index (χ2n) is 4.21. The quantitative estimate of drug-likeness (QED) is 0.770. The molecule has 0 saturated heterocycles. The van der Waals surface area contributed by atoms with Crippen LogP contribution in [0.25, 0.3) is 0 Å². The maximum Gasteiger partial charge on any atom is 0.278 e. The van der Waals surface area contributed by atoms with Crippen molar-refractivity contribution in [2.45, 2.75) is 13.5 Å². The van der Waals surface area contributed by atoms with Crippen molar-refractivity contribution >= 4 is 10.2 Å². The van der Waals surface area contributed by atoms with E-state index in [-0.39, 0.29) is 18.6 Å². The molecule has 19 heavy (non-hydrogen) atoms. The van der Waals surface area contributed by atoms with Crippen molar-refractivity contribution in [1.82, 2.24) is 13.6 Å². The van der Waals surface area contributed by atoms with E-state index in [4.69, 9.17) is 4.74 Å². The molecule has 0 unspecified atom stereocenters. The summed E-state index contributed by atoms with van der Waals surface area (Å²) < 4.78 is 32.9. The van der Waals surface area contributed by atoms with E-state index in [0.717, 1.165) is 4.31 Å². The molecule has 0 atom stereocenters. The second-order valence-corrected chi connectivity index (χ2v) is 6.18. The van der Waals surface area contributed by atoms with Gasteiger partial charge in [-0.1, -0.05) is 0 Å². The zero-order valence-electron chi connectivity index (χ0n) is 11.5. The van der Waals surface area contributed by atoms with Gasteiger partial charge in [-0.05, 0) is 13.0 Å². The number of rotatable bonds is 6. The van der Waals surface area contributed by atoms with Crippen molar-refractivity contribution in [3.8, 4) is 5.75 Å². The molecule has 1 aromatic heterocycles. The smallest absolute Gasteiger partial charge is 0.278 e. The lowest BCUT2D eigenvalue weighted by Gasteiger charge is -2.14. The first-order valence-corrected chi connectivity index (χ1v) is 7.14. The first-order valence-electron chi connectivity index (χ1n) is 5.70. The summed E-state index contributed by atoms with van der Waals surface area (Å²) in [5, 5.41) is 0. The molecule has 0 fully saturated rings. The third-order valence-corrected chi connectivity index (χ3v) is 4.18. The summed E-state index contributed by atoms with van der Waals surface area (Å²) in [6, 6.07) is 3.09. The van der Waals surface area contributed by atoms with Crippen LogP contribution in [0.5, 0.6) is 5.75 Å². The van der Waals surface area contributed by atoms with Crippen LogP contribution in [-0.2, 0) is 16.8 Å². The molecule has 0 spiro atoms. The monoisotopic (exact) mass is 289 g/mol. The van der Waals surface area contributed by atoms with Crippen LogP contribution >= 0.6 is 0 Å². The van der Waals surface area contributed by atoms with Crippen LogP contribution in [0.1, 0.15) is 5.69 Å². The fourth-order valence-electron chi connectivity index (χ4n) is 1.52. The molecular formula is C11H19N3O4S. The Hall–Kier alpha value is -1.38. The van der Waals surface area contributed by atoms with Crippen molar-refractivity contribution in [3.05, 3.63) is 28.2 Å². The first kappa shape index (κ1) is 15.7. The summed E-state index contributed by atoms with van der Waals surface area (Å²) in [6.45, 7) is 2.18. The van der Waals surface area contributed by atoms with Gasteiger partial charge in [0.05, 0.1) is 7.11 Å². The van der Waals surface area contributed by atoms with E-state index < -0.39 is 10.2 Å². The predicted octanol–water partition coefficient (Wildman–Crippen LogP) is -0.439. The summed E-state index contributed by atoms with van der Waals surface area (Å²) in [4.78, 5) is 11.8. The molecule has 0 aliphatic rings. The Labute approximate surface area is 113 Å². The van der Waals surface area contributed by atoms with Crippen molar-refractivity contribution in [2.24, 2.45) is 0 Å². The van der Waals surface area contributed by atoms with Gasteiger partial charge in [0, 0.05) is 38.9 Å². The number of aryl methyl sites for hydroxylation is 1. The Morgan fingerprint density at radius 3 is 2.47 bits per heavy atom. The Morgan fingerprint density at radius 2 is 2.00 bits per heavy atom. The number of aromatic nitrogens is 1. The zero-order valence-corrected chi connectivity index (χ0v) is 12.3. The molecule has 8 heteroatoms. The molecule has 1 aromatic rings. The van der Waals surface area contributed by atoms with E-state index in [0.29, 0.717) is 11.4 Å². The summed E-state index contributed by atoms with van der Waals surface area (Å²) in [5.41, 5.74) is 0.495. The molecule has 0 bridgehead atoms. The van der Waals surface area contributed by atoms with E-state index >= 15 is 0 Å². The van der Waals surface area contributed by atoms with E-state index in [9.17, 15) is 13.2 Å². The third-order valence-electron chi connectivity index (χ3n) is 2.64. The van der Waals surface area contributed by atoms with E-state index in [1.165, 1.54) is 31.8 Å². The maximum atomic E-state index is 11.8. The maximum absolute atomic E-state index is 11.8. The van der Waals surface area contributed by atoms with Gasteiger partial charge in [0.15, 0.2) is 0 Å². The molecule has 0 amide bonds. The second kappa shape index (κ2) is 6.18. The molecule has 0 radical (unpaired) electrons. The van der Waals surface area contributed by atoms with Crippen LogP contribution in [0.3, 0.4) is 0 Å². The Morgan fingerprint density at radius 1 is 1.37 bits per heavy atom. The topological polar surface area (TPSA) is 80.6 Å². The minimum absolute atomic E-state index is 0.146. The highest BCUT2D eigenvalue weighted by Gasteiger charge is 2.12. The minimum Gasteiger partial charge on any atom is -0.496 e. The summed E-state index contributed by atoms with van der Waals surface area (Å²) in [7, 11) is 0.902. The highest BCUT2D eigenvalue weighted by Crippen LogP contribution is 2.08. The standard InChI is InChI=1S/C11H19N3O4S/c1-9-7-10(18-4)8-11(15)14(9)6-5-12-19(16,17)13(2)3/h7-8,12H,5-6H2,1-4H3. The van der Waals surface area contributed by atoms with Crippen molar-refractivity contribution in [1.29, 1.82) is 0 Å². The number of nitrogens with zero attached hydrogens (tertiary/aromatic N) is 2. The van der Waals surface area contributed by atoms with Gasteiger partial charge >= 0.3 is 0 Å². The Bertz CT molecular complexity index is 592. The number of hydrogen-bond acceptors (Lipinski definition) is 4. The Balaban J connectivity index is 2.77. The van der Waals surface area contributed by atoms with Crippen molar-refractivity contribution < 1.29 is 13.2 Å². The zero-order chi connectivity index (χ0) is 14.6. The molecule has 0 aliphatic heterocycles. The lowest BCUT2D eigenvalue weighted by atomic mass is 10.3. The lowest BCUT2D eigenvalue weighted by molar-refractivity contribution is 0.411. The number of pyridine rings is 1. The van der Waals surface area contributed by atoms with Gasteiger partial charge in [0.1, 0.15) is 5.75 Å². The normalized spacial score (nSPS) is 11.8. The molecule has 108 valence electrons. The molecule has 1 rings (SSSR count). The van der Waals surface area contributed by atoms with Crippen LogP contribution in [0.15, 0.2) is 16.9 Å². The summed E-state index contributed by atoms with van der Waals surface area (Å²) in [6.07, 6.45) is 0. The van der Waals surface area contributed by atoms with Gasteiger partial charge in [0.2, 0.25) is 0 Å². The molecule has 0 aromatic carbocycles. The highest BCUT2D eigenvalue weighted by molar-refractivity contribution is 7.87. The van der Waals surface area contributed by atoms with E-state index in [2.05, 4.69) is 4.72 Å². The fourth-order valence-corrected chi connectivity index (χ4v) is 2.13. The number of methoxy groups -OCH3 is 1. The minimum atomic E-state index is -3.46. The lowest BCUT2D eigenvalue weighted by Crippen LogP contribution is -2.38. The van der Waals surface area contributed by atoms with Gasteiger partial charge in [-0.25, -0.2) is 4.72 Å². The third kappa shape index (κ3) is 4.05. The number of nitrogens with one attached hydrogen (secondary N) is 1. The van der Waals surface area contributed by atoms with Gasteiger partial charge in [-0.2, -0.15) is 12.7 Å². The van der Waals surface area contributed by atoms with Crippen LogP contribution in [0.2, 0.25) is 0 Å². The van der Waals surface area contributed by atoms with Crippen LogP contribution in [-0.4, -0.2) is 45.0 Å². The molecule has 1 heterocycles. The molecular weight excluding hydrogens is 270 g/mol. The van der Waals surface area contributed by atoms with Gasteiger partial charge in [0.25, 0.3) is 15.8 Å². The average Bonchev–Trinajstić information content (AvgIpc) is 2.32. The SMILES string of the molecule is COc1cc(C)n(CCNS(=O)(=O)N(C)C)c(=O)c1. The Kier molecular flexibility index (Phi) is 5.10. The summed E-state index contributed by atoms with van der Waals surface area (Å²) >= 11 is 0. The molecule has 7 nitrogen and oxygen atoms in total. The highest BCUT2D eigenvalue weighted by atomic mass is 32.2. The first-order chi connectivity index (χ1) is 8.77. The van der Waals surface area contributed by atoms with Gasteiger partial charge in [-0.15, -0.1) is 0 Å². The van der Waals surface area contributed by atoms with Crippen molar-refractivity contribution in [2.75, 3.05) is 27.7 Å². The average molecular weight is 289 g/mol. The van der Waals surface area contributed by atoms with Gasteiger partial charge < -0.3 is 9.30 Å². The van der Waals surface area contributed by atoms with Crippen LogP contribution in [0.4, 0.5) is 0 Å². The van der Waals surface area contributed by atoms with Gasteiger partial charge in [-0.3, -0.25) is 4.79 Å². The van der Waals surface area contributed by atoms with E-state index in [1.54, 1.807) is 13.0 Å². The van der Waals surface area contributed by atoms with Crippen LogP contribution in [0, 0.1) is 6.92 Å². The largest absolute Gasteiger partial charge is 0.496 e. The predicted molar refractivity (Wildman–Crippen MR) is 72.6 cm³/mol. The number of ether oxygens (including phenoxy) is 1. The fraction of sp³-hybridized carbons (Fsp3) is 0.545. The van der Waals surface area contributed by atoms with E-state index in [1.807, 2.05) is 0 Å². The van der Waals surface area contributed by atoms with Crippen molar-refractivity contribution in [3.63, 3.8) is 0 Å². The molecule has 1 N–H and O–H groups in total. The molecule has 0 saturated carbocycles. The number of hydrogen-bond donors (Lipinski definition) is 1.